The fraction of sp³-hybridized carbons (Fsp3) is 0.400. The molecule has 18 heavy (non-hydrogen) atoms. The lowest BCUT2D eigenvalue weighted by molar-refractivity contribution is -0.121. The molecule has 1 aromatic carbocycles. The first kappa shape index (κ1) is 12.8. The van der Waals surface area contributed by atoms with Crippen molar-refractivity contribution in [3.8, 4) is 0 Å². The van der Waals surface area contributed by atoms with Crippen LogP contribution in [0.3, 0.4) is 0 Å². The number of nitrogens with one attached hydrogen (secondary N) is 2. The summed E-state index contributed by atoms with van der Waals surface area (Å²) in [6.45, 7) is 4.62. The monoisotopic (exact) mass is 244 g/mol. The minimum absolute atomic E-state index is 0.0542. The van der Waals surface area contributed by atoms with Gasteiger partial charge in [-0.1, -0.05) is 30.3 Å². The topological polar surface area (TPSA) is 41.1 Å². The smallest absolute Gasteiger partial charge is 0.234 e. The molecule has 1 aliphatic rings. The Bertz CT molecular complexity index is 428. The van der Waals surface area contributed by atoms with Crippen molar-refractivity contribution in [1.29, 1.82) is 0 Å². The minimum atomic E-state index is 0.0542. The first-order chi connectivity index (χ1) is 8.81. The molecule has 0 fully saturated rings. The lowest BCUT2D eigenvalue weighted by Gasteiger charge is -2.26. The van der Waals surface area contributed by atoms with E-state index in [4.69, 9.17) is 0 Å². The molecule has 1 unspecified atom stereocenters. The van der Waals surface area contributed by atoms with E-state index in [1.54, 1.807) is 6.08 Å². The zero-order valence-corrected chi connectivity index (χ0v) is 10.6. The average molecular weight is 244 g/mol. The molecule has 0 spiro atoms. The van der Waals surface area contributed by atoms with Gasteiger partial charge in [-0.25, -0.2) is 0 Å². The first-order valence-electron chi connectivity index (χ1n) is 6.50. The van der Waals surface area contributed by atoms with E-state index in [0.29, 0.717) is 13.1 Å². The molecule has 2 rings (SSSR count). The molecular formula is C15H20N2O. The van der Waals surface area contributed by atoms with E-state index in [1.807, 2.05) is 6.07 Å². The van der Waals surface area contributed by atoms with Crippen molar-refractivity contribution in [2.45, 2.75) is 25.3 Å². The van der Waals surface area contributed by atoms with Crippen LogP contribution in [0.5, 0.6) is 0 Å². The van der Waals surface area contributed by atoms with E-state index < -0.39 is 0 Å². The van der Waals surface area contributed by atoms with Crippen molar-refractivity contribution in [3.05, 3.63) is 48.0 Å². The van der Waals surface area contributed by atoms with Crippen molar-refractivity contribution >= 4 is 5.91 Å². The summed E-state index contributed by atoms with van der Waals surface area (Å²) in [6.07, 6.45) is 5.05. The van der Waals surface area contributed by atoms with Gasteiger partial charge in [0, 0.05) is 6.54 Å². The van der Waals surface area contributed by atoms with Gasteiger partial charge in [-0.3, -0.25) is 4.79 Å². The lowest BCUT2D eigenvalue weighted by Crippen LogP contribution is -2.37. The van der Waals surface area contributed by atoms with Gasteiger partial charge < -0.3 is 10.6 Å². The maximum atomic E-state index is 11.8. The summed E-state index contributed by atoms with van der Waals surface area (Å²) < 4.78 is 0. The van der Waals surface area contributed by atoms with Crippen LogP contribution < -0.4 is 10.6 Å². The highest BCUT2D eigenvalue weighted by Crippen LogP contribution is 2.29. The van der Waals surface area contributed by atoms with Crippen molar-refractivity contribution in [2.75, 3.05) is 13.1 Å². The molecule has 96 valence electrons. The van der Waals surface area contributed by atoms with Crippen molar-refractivity contribution in [3.63, 3.8) is 0 Å². The fourth-order valence-electron chi connectivity index (χ4n) is 2.44. The normalized spacial score (nSPS) is 17.9. The van der Waals surface area contributed by atoms with E-state index in [1.165, 1.54) is 11.1 Å². The quantitative estimate of drug-likeness (QED) is 0.614. The average Bonchev–Trinajstić information content (AvgIpc) is 2.39. The Labute approximate surface area is 108 Å². The molecule has 0 aromatic heterocycles. The number of fused-ring (bicyclic) bond motifs is 1. The van der Waals surface area contributed by atoms with Crippen LogP contribution >= 0.6 is 0 Å². The van der Waals surface area contributed by atoms with Crippen molar-refractivity contribution in [2.24, 2.45) is 0 Å². The standard InChI is InChI=1S/C15H20N2O/c1-2-10-16-11-15(18)17-14-9-5-7-12-6-3-4-8-13(12)14/h2-4,6,8,14,16H,1,5,7,9-11H2,(H,17,18). The highest BCUT2D eigenvalue weighted by molar-refractivity contribution is 5.78. The maximum Gasteiger partial charge on any atom is 0.234 e. The number of aryl methyl sites for hydroxylation is 1. The predicted octanol–water partition coefficient (Wildman–Crippen LogP) is 1.96. The highest BCUT2D eigenvalue weighted by atomic mass is 16.1. The first-order valence-corrected chi connectivity index (χ1v) is 6.50. The number of carbonyl (C=O) groups excluding carboxylic acids is 1. The third-order valence-corrected chi connectivity index (χ3v) is 3.28. The number of carbonyl (C=O) groups is 1. The largest absolute Gasteiger partial charge is 0.348 e. The molecule has 1 atom stereocenters. The molecule has 0 bridgehead atoms. The van der Waals surface area contributed by atoms with Crippen LogP contribution in [0.15, 0.2) is 36.9 Å². The van der Waals surface area contributed by atoms with E-state index in [9.17, 15) is 4.79 Å². The Kier molecular flexibility index (Phi) is 4.53. The molecule has 0 heterocycles. The second kappa shape index (κ2) is 6.36. The maximum absolute atomic E-state index is 11.8. The van der Waals surface area contributed by atoms with E-state index in [2.05, 4.69) is 35.4 Å². The van der Waals surface area contributed by atoms with Crippen LogP contribution in [0.1, 0.15) is 30.0 Å². The molecule has 0 radical (unpaired) electrons. The molecule has 0 saturated carbocycles. The second-order valence-electron chi connectivity index (χ2n) is 4.63. The Morgan fingerprint density at radius 1 is 1.44 bits per heavy atom. The van der Waals surface area contributed by atoms with Gasteiger partial charge >= 0.3 is 0 Å². The minimum Gasteiger partial charge on any atom is -0.348 e. The Morgan fingerprint density at radius 3 is 3.11 bits per heavy atom. The Balaban J connectivity index is 1.94. The SMILES string of the molecule is C=CCNCC(=O)NC1CCCc2ccccc21. The van der Waals surface area contributed by atoms with Gasteiger partial charge in [-0.2, -0.15) is 0 Å². The summed E-state index contributed by atoms with van der Waals surface area (Å²) >= 11 is 0. The second-order valence-corrected chi connectivity index (χ2v) is 4.63. The number of hydrogen-bond acceptors (Lipinski definition) is 2. The third-order valence-electron chi connectivity index (χ3n) is 3.28. The summed E-state index contributed by atoms with van der Waals surface area (Å²) in [5.41, 5.74) is 2.65. The fourth-order valence-corrected chi connectivity index (χ4v) is 2.44. The zero-order chi connectivity index (χ0) is 12.8. The molecule has 1 amide bonds. The van der Waals surface area contributed by atoms with Crippen molar-refractivity contribution < 1.29 is 4.79 Å². The third kappa shape index (κ3) is 3.20. The molecule has 3 nitrogen and oxygen atoms in total. The zero-order valence-electron chi connectivity index (χ0n) is 10.6. The summed E-state index contributed by atoms with van der Waals surface area (Å²) in [4.78, 5) is 11.8. The molecule has 0 saturated heterocycles. The lowest BCUT2D eigenvalue weighted by atomic mass is 9.88. The number of benzene rings is 1. The van der Waals surface area contributed by atoms with Gasteiger partial charge in [0.2, 0.25) is 5.91 Å². The van der Waals surface area contributed by atoms with Crippen LogP contribution in [0, 0.1) is 0 Å². The number of hydrogen-bond donors (Lipinski definition) is 2. The summed E-state index contributed by atoms with van der Waals surface area (Å²) in [5, 5.41) is 6.12. The van der Waals surface area contributed by atoms with E-state index in [0.717, 1.165) is 19.3 Å². The van der Waals surface area contributed by atoms with Gasteiger partial charge in [0.05, 0.1) is 12.6 Å². The van der Waals surface area contributed by atoms with Gasteiger partial charge in [0.15, 0.2) is 0 Å². The van der Waals surface area contributed by atoms with E-state index >= 15 is 0 Å². The molecule has 2 N–H and O–H groups in total. The number of rotatable bonds is 5. The van der Waals surface area contributed by atoms with Crippen LogP contribution in [0.4, 0.5) is 0 Å². The number of amides is 1. The molecule has 3 heteroatoms. The van der Waals surface area contributed by atoms with Gasteiger partial charge in [0.1, 0.15) is 0 Å². The van der Waals surface area contributed by atoms with Gasteiger partial charge in [0.25, 0.3) is 0 Å². The highest BCUT2D eigenvalue weighted by Gasteiger charge is 2.20. The molecule has 1 aliphatic carbocycles. The van der Waals surface area contributed by atoms with Crippen LogP contribution in [0.2, 0.25) is 0 Å². The summed E-state index contributed by atoms with van der Waals surface area (Å²) in [5.74, 6) is 0.0542. The molecular weight excluding hydrogens is 224 g/mol. The Hall–Kier alpha value is -1.61. The molecule has 0 aliphatic heterocycles. The van der Waals surface area contributed by atoms with Gasteiger partial charge in [-0.15, -0.1) is 6.58 Å². The van der Waals surface area contributed by atoms with Crippen LogP contribution in [-0.2, 0) is 11.2 Å². The van der Waals surface area contributed by atoms with E-state index in [-0.39, 0.29) is 11.9 Å². The van der Waals surface area contributed by atoms with Crippen molar-refractivity contribution in [1.82, 2.24) is 10.6 Å². The van der Waals surface area contributed by atoms with Crippen LogP contribution in [-0.4, -0.2) is 19.0 Å². The predicted molar refractivity (Wildman–Crippen MR) is 73.3 cm³/mol. The summed E-state index contributed by atoms with van der Waals surface area (Å²) in [7, 11) is 0. The molecule has 1 aromatic rings. The summed E-state index contributed by atoms with van der Waals surface area (Å²) in [6, 6.07) is 8.56. The Morgan fingerprint density at radius 2 is 2.28 bits per heavy atom. The van der Waals surface area contributed by atoms with Crippen LogP contribution in [0.25, 0.3) is 0 Å². The van der Waals surface area contributed by atoms with Gasteiger partial charge in [-0.05, 0) is 30.4 Å².